The van der Waals surface area contributed by atoms with Gasteiger partial charge in [-0.3, -0.25) is 4.57 Å². The van der Waals surface area contributed by atoms with Gasteiger partial charge in [-0.1, -0.05) is 17.8 Å². The lowest BCUT2D eigenvalue weighted by Crippen LogP contribution is -2.19. The highest BCUT2D eigenvalue weighted by molar-refractivity contribution is 7.98. The van der Waals surface area contributed by atoms with E-state index in [1.165, 1.54) is 28.5 Å². The molecule has 1 heterocycles. The predicted molar refractivity (Wildman–Crippen MR) is 76.2 cm³/mol. The maximum atomic E-state index is 13.3. The van der Waals surface area contributed by atoms with Crippen LogP contribution in [0, 0.1) is 5.82 Å². The second-order valence-electron chi connectivity index (χ2n) is 4.68. The minimum absolute atomic E-state index is 0.0402. The Kier molecular flexibility index (Phi) is 4.46. The van der Waals surface area contributed by atoms with Gasteiger partial charge in [0.1, 0.15) is 5.82 Å². The van der Waals surface area contributed by atoms with Crippen molar-refractivity contribution in [1.82, 2.24) is 14.8 Å². The summed E-state index contributed by atoms with van der Waals surface area (Å²) in [4.78, 5) is 22.5. The summed E-state index contributed by atoms with van der Waals surface area (Å²) < 4.78 is 14.8. The lowest BCUT2D eigenvalue weighted by Gasteiger charge is -2.08. The van der Waals surface area contributed by atoms with Crippen molar-refractivity contribution in [2.24, 2.45) is 0 Å². The third-order valence-electron chi connectivity index (χ3n) is 2.82. The largest absolute Gasteiger partial charge is 0.478 e. The Balaban J connectivity index is 2.19. The number of aromatic nitrogens is 3. The predicted octanol–water partition coefficient (Wildman–Crippen LogP) is 2.28. The normalized spacial score (nSPS) is 11.0. The van der Waals surface area contributed by atoms with Crippen LogP contribution in [0.2, 0.25) is 0 Å². The number of thioether (sulfide) groups is 1. The molecule has 2 rings (SSSR count). The van der Waals surface area contributed by atoms with E-state index in [1.807, 2.05) is 13.8 Å². The number of rotatable bonds is 5. The molecule has 8 heteroatoms. The maximum absolute atomic E-state index is 13.3. The van der Waals surface area contributed by atoms with Gasteiger partial charge in [-0.25, -0.2) is 19.1 Å². The average Bonchev–Trinajstić information content (AvgIpc) is 2.78. The lowest BCUT2D eigenvalue weighted by atomic mass is 10.1. The van der Waals surface area contributed by atoms with Crippen LogP contribution in [-0.4, -0.2) is 25.8 Å². The second kappa shape index (κ2) is 6.13. The molecular formula is C13H14FN3O3S. The monoisotopic (exact) mass is 311 g/mol. The summed E-state index contributed by atoms with van der Waals surface area (Å²) in [5.41, 5.74) is -0.0150. The average molecular weight is 311 g/mol. The van der Waals surface area contributed by atoms with E-state index in [0.29, 0.717) is 16.5 Å². The molecule has 0 aliphatic carbocycles. The fourth-order valence-electron chi connectivity index (χ4n) is 1.82. The van der Waals surface area contributed by atoms with E-state index in [-0.39, 0.29) is 17.3 Å². The first-order valence-corrected chi connectivity index (χ1v) is 7.20. The van der Waals surface area contributed by atoms with E-state index < -0.39 is 11.8 Å². The number of carbonyl (C=O) groups is 1. The molecule has 6 nitrogen and oxygen atoms in total. The number of carboxylic acids is 1. The maximum Gasteiger partial charge on any atom is 0.344 e. The highest BCUT2D eigenvalue weighted by Crippen LogP contribution is 2.23. The van der Waals surface area contributed by atoms with Crippen LogP contribution in [0.5, 0.6) is 0 Å². The number of hydrogen-bond acceptors (Lipinski definition) is 4. The molecule has 0 amide bonds. The van der Waals surface area contributed by atoms with Crippen LogP contribution < -0.4 is 5.69 Å². The van der Waals surface area contributed by atoms with Crippen LogP contribution in [0.25, 0.3) is 0 Å². The van der Waals surface area contributed by atoms with Crippen molar-refractivity contribution in [1.29, 1.82) is 0 Å². The van der Waals surface area contributed by atoms with Crippen LogP contribution in [0.1, 0.15) is 35.8 Å². The molecule has 1 aromatic carbocycles. The Hall–Kier alpha value is -2.09. The van der Waals surface area contributed by atoms with Gasteiger partial charge in [0.2, 0.25) is 0 Å². The SMILES string of the molecule is CC(C)n1c(SCc2ccc(F)c(C(=O)O)c2)n[nH]c1=O. The zero-order valence-electron chi connectivity index (χ0n) is 11.5. The second-order valence-corrected chi connectivity index (χ2v) is 5.63. The summed E-state index contributed by atoms with van der Waals surface area (Å²) in [6.07, 6.45) is 0. The highest BCUT2D eigenvalue weighted by Gasteiger charge is 2.14. The fraction of sp³-hybridized carbons (Fsp3) is 0.308. The molecule has 0 saturated heterocycles. The van der Waals surface area contributed by atoms with Crippen LogP contribution in [0.15, 0.2) is 28.2 Å². The van der Waals surface area contributed by atoms with Gasteiger partial charge in [0.25, 0.3) is 0 Å². The number of aromatic carboxylic acids is 1. The zero-order chi connectivity index (χ0) is 15.6. The molecule has 0 unspecified atom stereocenters. The van der Waals surface area contributed by atoms with Crippen molar-refractivity contribution in [2.45, 2.75) is 30.8 Å². The fourth-order valence-corrected chi connectivity index (χ4v) is 2.84. The first kappa shape index (κ1) is 15.3. The number of halogens is 1. The Morgan fingerprint density at radius 2 is 2.24 bits per heavy atom. The minimum atomic E-state index is -1.31. The van der Waals surface area contributed by atoms with Crippen molar-refractivity contribution in [3.8, 4) is 0 Å². The first-order valence-electron chi connectivity index (χ1n) is 6.21. The number of aromatic amines is 1. The van der Waals surface area contributed by atoms with Crippen molar-refractivity contribution < 1.29 is 14.3 Å². The smallest absolute Gasteiger partial charge is 0.344 e. The topological polar surface area (TPSA) is 88.0 Å². The first-order chi connectivity index (χ1) is 9.90. The quantitative estimate of drug-likeness (QED) is 0.827. The molecule has 0 saturated carbocycles. The molecule has 21 heavy (non-hydrogen) atoms. The van der Waals surface area contributed by atoms with Gasteiger partial charge in [-0.15, -0.1) is 5.10 Å². The third-order valence-corrected chi connectivity index (χ3v) is 3.84. The van der Waals surface area contributed by atoms with Crippen LogP contribution in [0.3, 0.4) is 0 Å². The Bertz CT molecular complexity index is 724. The molecule has 112 valence electrons. The molecule has 0 aliphatic rings. The van der Waals surface area contributed by atoms with Gasteiger partial charge in [0.05, 0.1) is 5.56 Å². The molecule has 0 bridgehead atoms. The molecule has 0 fully saturated rings. The van der Waals surface area contributed by atoms with Gasteiger partial charge in [-0.2, -0.15) is 0 Å². The van der Waals surface area contributed by atoms with E-state index in [9.17, 15) is 14.0 Å². The van der Waals surface area contributed by atoms with Gasteiger partial charge in [0, 0.05) is 11.8 Å². The van der Waals surface area contributed by atoms with Crippen molar-refractivity contribution in [3.05, 3.63) is 45.6 Å². The number of nitrogens with zero attached hydrogens (tertiary/aromatic N) is 2. The standard InChI is InChI=1S/C13H14FN3O3S/c1-7(2)17-12(20)15-16-13(17)21-6-8-3-4-10(14)9(5-8)11(18)19/h3-5,7H,6H2,1-2H3,(H,15,20)(H,18,19). The minimum Gasteiger partial charge on any atom is -0.478 e. The van der Waals surface area contributed by atoms with E-state index in [2.05, 4.69) is 10.2 Å². The molecule has 0 spiro atoms. The molecule has 2 N–H and O–H groups in total. The number of H-pyrrole nitrogens is 1. The van der Waals surface area contributed by atoms with Crippen LogP contribution in [-0.2, 0) is 5.75 Å². The Morgan fingerprint density at radius 3 is 2.86 bits per heavy atom. The van der Waals surface area contributed by atoms with Crippen LogP contribution in [0.4, 0.5) is 4.39 Å². The lowest BCUT2D eigenvalue weighted by molar-refractivity contribution is 0.0692. The van der Waals surface area contributed by atoms with Gasteiger partial charge >= 0.3 is 11.7 Å². The summed E-state index contributed by atoms with van der Waals surface area (Å²) in [5, 5.41) is 15.7. The third kappa shape index (κ3) is 3.33. The molecule has 0 radical (unpaired) electrons. The summed E-state index contributed by atoms with van der Waals surface area (Å²) in [6, 6.07) is 3.88. The Labute approximate surface area is 124 Å². The highest BCUT2D eigenvalue weighted by atomic mass is 32.2. The van der Waals surface area contributed by atoms with E-state index in [4.69, 9.17) is 5.11 Å². The number of benzene rings is 1. The van der Waals surface area contributed by atoms with E-state index >= 15 is 0 Å². The number of carboxylic acid groups (broad SMARTS) is 1. The number of nitrogens with one attached hydrogen (secondary N) is 1. The van der Waals surface area contributed by atoms with Crippen LogP contribution >= 0.6 is 11.8 Å². The molecule has 0 aliphatic heterocycles. The number of hydrogen-bond donors (Lipinski definition) is 2. The molecular weight excluding hydrogens is 297 g/mol. The summed E-state index contributed by atoms with van der Waals surface area (Å²) in [5.74, 6) is -1.69. The van der Waals surface area contributed by atoms with Gasteiger partial charge < -0.3 is 5.11 Å². The van der Waals surface area contributed by atoms with Gasteiger partial charge in [-0.05, 0) is 31.5 Å². The summed E-state index contributed by atoms with van der Waals surface area (Å²) in [6.45, 7) is 3.73. The molecule has 2 aromatic rings. The summed E-state index contributed by atoms with van der Waals surface area (Å²) in [7, 11) is 0. The Morgan fingerprint density at radius 1 is 1.52 bits per heavy atom. The van der Waals surface area contributed by atoms with Gasteiger partial charge in [0.15, 0.2) is 5.16 Å². The zero-order valence-corrected chi connectivity index (χ0v) is 12.3. The van der Waals surface area contributed by atoms with E-state index in [0.717, 1.165) is 6.07 Å². The van der Waals surface area contributed by atoms with Crippen molar-refractivity contribution >= 4 is 17.7 Å². The summed E-state index contributed by atoms with van der Waals surface area (Å²) >= 11 is 1.28. The molecule has 0 atom stereocenters. The van der Waals surface area contributed by atoms with Crippen molar-refractivity contribution in [3.63, 3.8) is 0 Å². The molecule has 1 aromatic heterocycles. The van der Waals surface area contributed by atoms with Crippen molar-refractivity contribution in [2.75, 3.05) is 0 Å². The van der Waals surface area contributed by atoms with E-state index in [1.54, 1.807) is 0 Å².